The van der Waals surface area contributed by atoms with Gasteiger partial charge in [-0.25, -0.2) is 4.39 Å². The lowest BCUT2D eigenvalue weighted by Gasteiger charge is -2.22. The van der Waals surface area contributed by atoms with E-state index < -0.39 is 22.9 Å². The zero-order valence-corrected chi connectivity index (χ0v) is 12.0. The van der Waals surface area contributed by atoms with Crippen LogP contribution in [0.2, 0.25) is 0 Å². The molecule has 3 N–H and O–H groups in total. The fourth-order valence-electron chi connectivity index (χ4n) is 2.97. The van der Waals surface area contributed by atoms with Crippen LogP contribution in [0.1, 0.15) is 36.0 Å². The van der Waals surface area contributed by atoms with Crippen LogP contribution in [0, 0.1) is 5.82 Å². The standard InChI is InChI=1S/C16H17FN2O3/c17-10-3-4-11-12(8-14(20)19-13(11)7-10)15(21)18-9-16(22)5-1-2-6-16/h3-4,7-8,22H,1-2,5-6,9H2,(H,18,21)(H,19,20). The topological polar surface area (TPSA) is 82.2 Å². The van der Waals surface area contributed by atoms with Crippen LogP contribution in [-0.4, -0.2) is 28.1 Å². The Hall–Kier alpha value is -2.21. The summed E-state index contributed by atoms with van der Waals surface area (Å²) in [6, 6.07) is 5.06. The van der Waals surface area contributed by atoms with Crippen molar-refractivity contribution in [3.05, 3.63) is 46.0 Å². The highest BCUT2D eigenvalue weighted by Crippen LogP contribution is 2.28. The van der Waals surface area contributed by atoms with E-state index in [-0.39, 0.29) is 17.6 Å². The second-order valence-corrected chi connectivity index (χ2v) is 5.85. The van der Waals surface area contributed by atoms with Crippen LogP contribution in [0.25, 0.3) is 10.9 Å². The lowest BCUT2D eigenvalue weighted by Crippen LogP contribution is -2.41. The van der Waals surface area contributed by atoms with Crippen molar-refractivity contribution in [2.75, 3.05) is 6.54 Å². The molecule has 0 radical (unpaired) electrons. The molecule has 1 fully saturated rings. The SMILES string of the molecule is O=C(NCC1(O)CCCC1)c1cc(=O)[nH]c2cc(F)ccc12. The molecule has 5 nitrogen and oxygen atoms in total. The molecule has 1 amide bonds. The number of aliphatic hydroxyl groups is 1. The number of halogens is 1. The van der Waals surface area contributed by atoms with Gasteiger partial charge >= 0.3 is 0 Å². The van der Waals surface area contributed by atoms with E-state index in [2.05, 4.69) is 10.3 Å². The minimum Gasteiger partial charge on any atom is -0.388 e. The zero-order chi connectivity index (χ0) is 15.7. The third kappa shape index (κ3) is 2.87. The van der Waals surface area contributed by atoms with Crippen LogP contribution < -0.4 is 10.9 Å². The Bertz CT molecular complexity index is 779. The molecule has 0 bridgehead atoms. The van der Waals surface area contributed by atoms with Gasteiger partial charge in [0.15, 0.2) is 0 Å². The fraction of sp³-hybridized carbons (Fsp3) is 0.375. The number of carbonyl (C=O) groups excluding carboxylic acids is 1. The summed E-state index contributed by atoms with van der Waals surface area (Å²) in [7, 11) is 0. The van der Waals surface area contributed by atoms with Gasteiger partial charge < -0.3 is 15.4 Å². The highest BCUT2D eigenvalue weighted by Gasteiger charge is 2.31. The minimum absolute atomic E-state index is 0.154. The summed E-state index contributed by atoms with van der Waals surface area (Å²) >= 11 is 0. The predicted molar refractivity (Wildman–Crippen MR) is 80.3 cm³/mol. The first kappa shape index (κ1) is 14.7. The molecule has 2 aromatic rings. The highest BCUT2D eigenvalue weighted by atomic mass is 19.1. The molecule has 0 aliphatic heterocycles. The lowest BCUT2D eigenvalue weighted by molar-refractivity contribution is 0.0450. The lowest BCUT2D eigenvalue weighted by atomic mass is 10.0. The molecule has 3 rings (SSSR count). The number of hydrogen-bond donors (Lipinski definition) is 3. The first-order chi connectivity index (χ1) is 10.5. The Labute approximate surface area is 126 Å². The number of benzene rings is 1. The van der Waals surface area contributed by atoms with Gasteiger partial charge in [-0.1, -0.05) is 12.8 Å². The Morgan fingerprint density at radius 3 is 2.77 bits per heavy atom. The van der Waals surface area contributed by atoms with E-state index in [9.17, 15) is 19.1 Å². The maximum Gasteiger partial charge on any atom is 0.252 e. The van der Waals surface area contributed by atoms with E-state index in [0.29, 0.717) is 18.2 Å². The molecule has 1 aromatic heterocycles. The maximum absolute atomic E-state index is 13.2. The number of nitrogens with one attached hydrogen (secondary N) is 2. The molecule has 1 heterocycles. The van der Waals surface area contributed by atoms with E-state index in [1.54, 1.807) is 0 Å². The summed E-state index contributed by atoms with van der Waals surface area (Å²) in [5, 5.41) is 13.4. The van der Waals surface area contributed by atoms with Gasteiger partial charge in [-0.3, -0.25) is 9.59 Å². The van der Waals surface area contributed by atoms with Crippen molar-refractivity contribution < 1.29 is 14.3 Å². The molecule has 0 atom stereocenters. The van der Waals surface area contributed by atoms with Gasteiger partial charge in [0.2, 0.25) is 5.56 Å². The summed E-state index contributed by atoms with van der Waals surface area (Å²) in [6.45, 7) is 0.154. The maximum atomic E-state index is 13.2. The number of H-pyrrole nitrogens is 1. The van der Waals surface area contributed by atoms with E-state index in [1.165, 1.54) is 24.3 Å². The van der Waals surface area contributed by atoms with Crippen molar-refractivity contribution in [1.82, 2.24) is 10.3 Å². The van der Waals surface area contributed by atoms with Crippen molar-refractivity contribution in [2.24, 2.45) is 0 Å². The Morgan fingerprint density at radius 2 is 2.05 bits per heavy atom. The van der Waals surface area contributed by atoms with Gasteiger partial charge in [0.1, 0.15) is 5.82 Å². The average Bonchev–Trinajstić information content (AvgIpc) is 2.90. The highest BCUT2D eigenvalue weighted by molar-refractivity contribution is 6.05. The predicted octanol–water partition coefficient (Wildman–Crippen LogP) is 1.70. The van der Waals surface area contributed by atoms with E-state index >= 15 is 0 Å². The number of aromatic nitrogens is 1. The summed E-state index contributed by atoms with van der Waals surface area (Å²) < 4.78 is 13.2. The molecule has 116 valence electrons. The van der Waals surface area contributed by atoms with Crippen molar-refractivity contribution in [1.29, 1.82) is 0 Å². The number of carbonyl (C=O) groups is 1. The van der Waals surface area contributed by atoms with Crippen LogP contribution in [0.5, 0.6) is 0 Å². The third-order valence-electron chi connectivity index (χ3n) is 4.16. The van der Waals surface area contributed by atoms with Gasteiger partial charge in [-0.05, 0) is 31.0 Å². The Morgan fingerprint density at radius 1 is 1.32 bits per heavy atom. The van der Waals surface area contributed by atoms with Crippen LogP contribution in [0.15, 0.2) is 29.1 Å². The first-order valence-electron chi connectivity index (χ1n) is 7.30. The van der Waals surface area contributed by atoms with Crippen molar-refractivity contribution in [3.63, 3.8) is 0 Å². The smallest absolute Gasteiger partial charge is 0.252 e. The van der Waals surface area contributed by atoms with Gasteiger partial charge in [-0.2, -0.15) is 0 Å². The van der Waals surface area contributed by atoms with Crippen molar-refractivity contribution in [3.8, 4) is 0 Å². The minimum atomic E-state index is -0.862. The molecular formula is C16H17FN2O3. The second kappa shape index (κ2) is 5.53. The van der Waals surface area contributed by atoms with Gasteiger partial charge in [0.25, 0.3) is 5.91 Å². The number of hydrogen-bond acceptors (Lipinski definition) is 3. The molecule has 1 aliphatic carbocycles. The average molecular weight is 304 g/mol. The monoisotopic (exact) mass is 304 g/mol. The summed E-state index contributed by atoms with van der Waals surface area (Å²) in [4.78, 5) is 26.5. The Kier molecular flexibility index (Phi) is 3.70. The number of rotatable bonds is 3. The molecule has 0 spiro atoms. The van der Waals surface area contributed by atoms with Gasteiger partial charge in [0, 0.05) is 18.0 Å². The zero-order valence-electron chi connectivity index (χ0n) is 12.0. The second-order valence-electron chi connectivity index (χ2n) is 5.85. The first-order valence-corrected chi connectivity index (χ1v) is 7.30. The number of pyridine rings is 1. The Balaban J connectivity index is 1.88. The summed E-state index contributed by atoms with van der Waals surface area (Å²) in [5.74, 6) is -0.927. The van der Waals surface area contributed by atoms with Crippen molar-refractivity contribution >= 4 is 16.8 Å². The number of aromatic amines is 1. The summed E-state index contributed by atoms with van der Waals surface area (Å²) in [6.07, 6.45) is 3.21. The van der Waals surface area contributed by atoms with E-state index in [0.717, 1.165) is 12.8 Å². The molecule has 22 heavy (non-hydrogen) atoms. The molecular weight excluding hydrogens is 287 g/mol. The number of amides is 1. The van der Waals surface area contributed by atoms with Gasteiger partial charge in [0.05, 0.1) is 16.7 Å². The normalized spacial score (nSPS) is 16.8. The molecule has 1 saturated carbocycles. The molecule has 1 aromatic carbocycles. The number of fused-ring (bicyclic) bond motifs is 1. The van der Waals surface area contributed by atoms with Crippen molar-refractivity contribution in [2.45, 2.75) is 31.3 Å². The summed E-state index contributed by atoms with van der Waals surface area (Å²) in [5.41, 5.74) is -0.876. The van der Waals surface area contributed by atoms with Crippen LogP contribution in [0.4, 0.5) is 4.39 Å². The molecule has 1 aliphatic rings. The molecule has 6 heteroatoms. The van der Waals surface area contributed by atoms with Crippen LogP contribution >= 0.6 is 0 Å². The van der Waals surface area contributed by atoms with E-state index in [1.807, 2.05) is 0 Å². The largest absolute Gasteiger partial charge is 0.388 e. The molecule has 0 unspecified atom stereocenters. The fourth-order valence-corrected chi connectivity index (χ4v) is 2.97. The third-order valence-corrected chi connectivity index (χ3v) is 4.16. The van der Waals surface area contributed by atoms with E-state index in [4.69, 9.17) is 0 Å². The quantitative estimate of drug-likeness (QED) is 0.807. The van der Waals surface area contributed by atoms with Crippen LogP contribution in [0.3, 0.4) is 0 Å². The van der Waals surface area contributed by atoms with Crippen LogP contribution in [-0.2, 0) is 0 Å². The van der Waals surface area contributed by atoms with Gasteiger partial charge in [-0.15, -0.1) is 0 Å². The molecule has 0 saturated heterocycles.